The van der Waals surface area contributed by atoms with Crippen LogP contribution in [0.5, 0.6) is 0 Å². The van der Waals surface area contributed by atoms with Gasteiger partial charge in [0.1, 0.15) is 13.1 Å². The monoisotopic (exact) mass is 603 g/mol. The van der Waals surface area contributed by atoms with Crippen LogP contribution in [0.2, 0.25) is 0 Å². The van der Waals surface area contributed by atoms with Crippen molar-refractivity contribution in [1.29, 1.82) is 0 Å². The third kappa shape index (κ3) is 22.9. The maximum absolute atomic E-state index is 4.33. The molecule has 0 bridgehead atoms. The SMILES string of the molecule is C[NH+](C)CC[NH+](C)C.Cc1ccc([N-]C=[NH+]c2ccc(C)cc2)cc1.Cc1ccc([N-]C=[NH+]c2ccc(C)cc2)cc1.[Li+].[Li+].[Li+].[NH2-]. The molecule has 4 aromatic rings. The Balaban J connectivity index is -0.000000613. The second-order valence-electron chi connectivity index (χ2n) is 11.1. The van der Waals surface area contributed by atoms with Gasteiger partial charge in [0.05, 0.1) is 52.2 Å². The van der Waals surface area contributed by atoms with Crippen molar-refractivity contribution in [3.8, 4) is 0 Å². The van der Waals surface area contributed by atoms with Gasteiger partial charge in [-0.05, 0) is 76.2 Å². The van der Waals surface area contributed by atoms with Crippen molar-refractivity contribution in [2.75, 3.05) is 41.3 Å². The second kappa shape index (κ2) is 27.6. The summed E-state index contributed by atoms with van der Waals surface area (Å²) in [6.45, 7) is 10.8. The molecule has 7 nitrogen and oxygen atoms in total. The molecule has 10 heteroatoms. The van der Waals surface area contributed by atoms with E-state index in [9.17, 15) is 0 Å². The Kier molecular flexibility index (Phi) is 28.7. The molecular weight excluding hydrogens is 551 g/mol. The van der Waals surface area contributed by atoms with Gasteiger partial charge < -0.3 is 25.9 Å². The molecule has 0 radical (unpaired) electrons. The van der Waals surface area contributed by atoms with E-state index in [0.29, 0.717) is 0 Å². The van der Waals surface area contributed by atoms with E-state index < -0.39 is 0 Å². The van der Waals surface area contributed by atoms with Crippen LogP contribution in [0.15, 0.2) is 97.1 Å². The molecule has 0 aromatic heterocycles. The maximum Gasteiger partial charge on any atom is 1.00 e. The number of quaternary nitrogens is 2. The Morgan fingerprint density at radius 3 is 0.935 bits per heavy atom. The van der Waals surface area contributed by atoms with Crippen LogP contribution in [0, 0.1) is 27.7 Å². The standard InChI is InChI=1S/2C15H15N2.C6H16N2.3Li.H2N/c2*1-12-3-7-14(8-4-12)16-11-17-15-9-5-13(2)6-10-15;1-7(2)5-6-8(3)4;;;;/h2*3-11H,1-2H3;5-6H2,1-4H3;;;;1H2/q2*-1;;3*+1;-1/p+4. The number of hydrogen-bond acceptors (Lipinski definition) is 0. The quantitative estimate of drug-likeness (QED) is 0.0835. The summed E-state index contributed by atoms with van der Waals surface area (Å²) in [7, 11) is 8.73. The summed E-state index contributed by atoms with van der Waals surface area (Å²) < 4.78 is 0. The molecule has 0 aliphatic carbocycles. The van der Waals surface area contributed by atoms with Crippen LogP contribution in [0.25, 0.3) is 16.8 Å². The molecular formula is C36H52Li3N7+4. The molecule has 4 aromatic carbocycles. The summed E-state index contributed by atoms with van der Waals surface area (Å²) in [4.78, 5) is 9.35. The predicted octanol–water partition coefficient (Wildman–Crippen LogP) is -5.50. The largest absolute Gasteiger partial charge is 1.00 e. The summed E-state index contributed by atoms with van der Waals surface area (Å²) in [6.07, 6.45) is 3.44. The molecule has 46 heavy (non-hydrogen) atoms. The molecule has 0 saturated carbocycles. The molecule has 0 saturated heterocycles. The fourth-order valence-electron chi connectivity index (χ4n) is 3.42. The van der Waals surface area contributed by atoms with Gasteiger partial charge in [-0.2, -0.15) is 0 Å². The zero-order valence-electron chi connectivity index (χ0n) is 30.3. The van der Waals surface area contributed by atoms with Crippen molar-refractivity contribution in [3.05, 3.63) is 136 Å². The summed E-state index contributed by atoms with van der Waals surface area (Å²) >= 11 is 0. The van der Waals surface area contributed by atoms with E-state index in [1.165, 1.54) is 45.1 Å². The summed E-state index contributed by atoms with van der Waals surface area (Å²) in [5, 5.41) is 8.66. The van der Waals surface area contributed by atoms with Gasteiger partial charge in [-0.1, -0.05) is 70.8 Å². The first-order valence-corrected chi connectivity index (χ1v) is 14.5. The van der Waals surface area contributed by atoms with E-state index in [1.807, 2.05) is 48.5 Å². The minimum atomic E-state index is 0. The number of rotatable bonds is 9. The molecule has 0 spiro atoms. The smallest absolute Gasteiger partial charge is 0.693 e. The normalized spacial score (nSPS) is 9.87. The Morgan fingerprint density at radius 2 is 0.696 bits per heavy atom. The van der Waals surface area contributed by atoms with E-state index in [1.54, 1.807) is 12.7 Å². The van der Waals surface area contributed by atoms with Gasteiger partial charge >= 0.3 is 56.6 Å². The van der Waals surface area contributed by atoms with Crippen molar-refractivity contribution >= 4 is 35.4 Å². The molecule has 0 unspecified atom stereocenters. The molecule has 0 atom stereocenters. The van der Waals surface area contributed by atoms with Crippen LogP contribution in [0.3, 0.4) is 0 Å². The number of benzene rings is 4. The van der Waals surface area contributed by atoms with Crippen molar-refractivity contribution in [1.82, 2.24) is 0 Å². The predicted molar refractivity (Wildman–Crippen MR) is 185 cm³/mol. The third-order valence-electron chi connectivity index (χ3n) is 6.19. The van der Waals surface area contributed by atoms with Crippen LogP contribution in [-0.2, 0) is 0 Å². The Bertz CT molecular complexity index is 1230. The van der Waals surface area contributed by atoms with Crippen molar-refractivity contribution < 1.29 is 76.4 Å². The number of nitrogens with one attached hydrogen (secondary N) is 4. The Morgan fingerprint density at radius 1 is 0.457 bits per heavy atom. The Hall–Kier alpha value is -2.51. The molecule has 230 valence electrons. The summed E-state index contributed by atoms with van der Waals surface area (Å²) in [5.41, 5.74) is 9.01. The number of nitrogens with two attached hydrogens (primary N) is 1. The number of aryl methyl sites for hydroxylation is 4. The molecule has 0 amide bonds. The number of likely N-dealkylation sites (N-methyl/N-ethyl adjacent to an activating group) is 2. The first-order valence-electron chi connectivity index (χ1n) is 14.5. The zero-order valence-corrected chi connectivity index (χ0v) is 30.3. The van der Waals surface area contributed by atoms with E-state index in [-0.39, 0.29) is 62.7 Å². The average Bonchev–Trinajstić information content (AvgIpc) is 2.97. The second-order valence-corrected chi connectivity index (χ2v) is 11.1. The minimum absolute atomic E-state index is 0. The number of nitrogens with zero attached hydrogens (tertiary/aromatic N) is 2. The molecule has 0 heterocycles. The van der Waals surface area contributed by atoms with E-state index in [4.69, 9.17) is 0 Å². The first-order chi connectivity index (χ1) is 20.1. The van der Waals surface area contributed by atoms with Crippen molar-refractivity contribution in [2.24, 2.45) is 0 Å². The van der Waals surface area contributed by atoms with E-state index in [2.05, 4.69) is 125 Å². The molecule has 0 aliphatic heterocycles. The Labute approximate surface area is 314 Å². The van der Waals surface area contributed by atoms with Crippen LogP contribution >= 0.6 is 0 Å². The topological polar surface area (TPSA) is 98.5 Å². The number of hydrogen-bond donors (Lipinski definition) is 4. The molecule has 6 N–H and O–H groups in total. The van der Waals surface area contributed by atoms with Crippen molar-refractivity contribution in [3.63, 3.8) is 0 Å². The molecule has 4 rings (SSSR count). The minimum Gasteiger partial charge on any atom is -0.693 e. The van der Waals surface area contributed by atoms with Gasteiger partial charge in [-0.3, -0.25) is 0 Å². The molecule has 0 aliphatic rings. The zero-order chi connectivity index (χ0) is 30.7. The van der Waals surface area contributed by atoms with Gasteiger partial charge in [0.15, 0.2) is 0 Å². The van der Waals surface area contributed by atoms with Gasteiger partial charge in [0.2, 0.25) is 0 Å². The van der Waals surface area contributed by atoms with Gasteiger partial charge in [-0.25, -0.2) is 10.6 Å². The van der Waals surface area contributed by atoms with Gasteiger partial charge in [0.25, 0.3) is 0 Å². The summed E-state index contributed by atoms with van der Waals surface area (Å²) in [5.74, 6) is 0. The van der Waals surface area contributed by atoms with E-state index >= 15 is 0 Å². The van der Waals surface area contributed by atoms with Crippen LogP contribution in [0.4, 0.5) is 22.7 Å². The fraction of sp³-hybridized carbons (Fsp3) is 0.278. The first kappa shape index (κ1) is 47.9. The average molecular weight is 604 g/mol. The fourth-order valence-corrected chi connectivity index (χ4v) is 3.42. The summed E-state index contributed by atoms with van der Waals surface area (Å²) in [6, 6.07) is 32.7. The van der Waals surface area contributed by atoms with E-state index in [0.717, 1.165) is 22.7 Å². The van der Waals surface area contributed by atoms with Gasteiger partial charge in [-0.15, -0.1) is 0 Å². The third-order valence-corrected chi connectivity index (χ3v) is 6.19. The van der Waals surface area contributed by atoms with Crippen LogP contribution < -0.4 is 76.4 Å². The van der Waals surface area contributed by atoms with Crippen molar-refractivity contribution in [2.45, 2.75) is 27.7 Å². The van der Waals surface area contributed by atoms with Gasteiger partial charge in [0, 0.05) is 11.4 Å². The van der Waals surface area contributed by atoms with Crippen LogP contribution in [0.1, 0.15) is 22.3 Å². The molecule has 0 fully saturated rings. The van der Waals surface area contributed by atoms with Crippen LogP contribution in [-0.4, -0.2) is 54.0 Å². The maximum atomic E-state index is 4.33.